The van der Waals surface area contributed by atoms with Crippen LogP contribution < -0.4 is 0 Å². The number of H-pyrrole nitrogens is 1. The van der Waals surface area contributed by atoms with Gasteiger partial charge in [-0.15, -0.1) is 0 Å². The molecular formula is C16H21N5. The van der Waals surface area contributed by atoms with E-state index in [2.05, 4.69) is 64.8 Å². The number of rotatable bonds is 4. The maximum Gasteiger partial charge on any atom is 0.140 e. The zero-order chi connectivity index (χ0) is 15.0. The summed E-state index contributed by atoms with van der Waals surface area (Å²) in [7, 11) is 2.11. The molecular weight excluding hydrogens is 262 g/mol. The second-order valence-corrected chi connectivity index (χ2v) is 5.74. The van der Waals surface area contributed by atoms with E-state index in [-0.39, 0.29) is 0 Å². The predicted molar refractivity (Wildman–Crippen MR) is 83.2 cm³/mol. The van der Waals surface area contributed by atoms with Crippen LogP contribution in [0.5, 0.6) is 0 Å². The number of pyridine rings is 1. The number of nitrogens with zero attached hydrogens (tertiary/aromatic N) is 4. The van der Waals surface area contributed by atoms with Crippen molar-refractivity contribution in [1.29, 1.82) is 0 Å². The summed E-state index contributed by atoms with van der Waals surface area (Å²) < 4.78 is 2.19. The van der Waals surface area contributed by atoms with Crippen LogP contribution in [0.1, 0.15) is 28.3 Å². The number of nitrogens with one attached hydrogen (secondary N) is 1. The van der Waals surface area contributed by atoms with Crippen molar-refractivity contribution in [1.82, 2.24) is 24.5 Å². The Morgan fingerprint density at radius 2 is 2.05 bits per heavy atom. The maximum atomic E-state index is 4.69. The molecule has 3 rings (SSSR count). The highest BCUT2D eigenvalue weighted by atomic mass is 15.2. The summed E-state index contributed by atoms with van der Waals surface area (Å²) in [6.07, 6.45) is 2.09. The summed E-state index contributed by atoms with van der Waals surface area (Å²) in [6.45, 7) is 7.87. The molecule has 0 bridgehead atoms. The fourth-order valence-corrected chi connectivity index (χ4v) is 2.70. The van der Waals surface area contributed by atoms with E-state index in [1.807, 2.05) is 6.92 Å². The molecule has 0 saturated carbocycles. The van der Waals surface area contributed by atoms with Gasteiger partial charge >= 0.3 is 0 Å². The number of hydrogen-bond acceptors (Lipinski definition) is 3. The number of fused-ring (bicyclic) bond motifs is 1. The molecule has 21 heavy (non-hydrogen) atoms. The van der Waals surface area contributed by atoms with Gasteiger partial charge in [-0.2, -0.15) is 5.10 Å². The maximum absolute atomic E-state index is 4.69. The van der Waals surface area contributed by atoms with Crippen LogP contribution in [0.4, 0.5) is 0 Å². The monoisotopic (exact) mass is 283 g/mol. The van der Waals surface area contributed by atoms with Gasteiger partial charge in [0.15, 0.2) is 0 Å². The van der Waals surface area contributed by atoms with Crippen molar-refractivity contribution >= 4 is 5.65 Å². The molecule has 0 amide bonds. The second-order valence-electron chi connectivity index (χ2n) is 5.74. The van der Waals surface area contributed by atoms with Gasteiger partial charge in [0, 0.05) is 25.0 Å². The van der Waals surface area contributed by atoms with Crippen molar-refractivity contribution in [2.75, 3.05) is 7.05 Å². The highest BCUT2D eigenvalue weighted by Gasteiger charge is 2.13. The first kappa shape index (κ1) is 13.8. The van der Waals surface area contributed by atoms with Crippen molar-refractivity contribution in [3.63, 3.8) is 0 Å². The lowest BCUT2D eigenvalue weighted by Crippen LogP contribution is -2.19. The Labute approximate surface area is 124 Å². The van der Waals surface area contributed by atoms with Gasteiger partial charge in [-0.25, -0.2) is 4.98 Å². The highest BCUT2D eigenvalue weighted by molar-refractivity contribution is 5.50. The van der Waals surface area contributed by atoms with Gasteiger partial charge in [-0.05, 0) is 45.5 Å². The molecule has 0 aromatic carbocycles. The molecule has 110 valence electrons. The molecule has 0 atom stereocenters. The van der Waals surface area contributed by atoms with Crippen LogP contribution in [0.15, 0.2) is 24.4 Å². The van der Waals surface area contributed by atoms with Crippen molar-refractivity contribution in [3.05, 3.63) is 52.7 Å². The molecule has 0 aliphatic carbocycles. The van der Waals surface area contributed by atoms with Gasteiger partial charge in [-0.3, -0.25) is 10.00 Å². The predicted octanol–water partition coefficient (Wildman–Crippen LogP) is 2.61. The van der Waals surface area contributed by atoms with Gasteiger partial charge in [0.05, 0.1) is 17.1 Å². The molecule has 3 aromatic rings. The molecule has 0 saturated heterocycles. The van der Waals surface area contributed by atoms with E-state index in [0.29, 0.717) is 0 Å². The Balaban J connectivity index is 1.84. The molecule has 5 heteroatoms. The minimum atomic E-state index is 0.822. The Kier molecular flexibility index (Phi) is 3.51. The van der Waals surface area contributed by atoms with Crippen LogP contribution in [0.25, 0.3) is 5.65 Å². The van der Waals surface area contributed by atoms with E-state index in [4.69, 9.17) is 4.98 Å². The smallest absolute Gasteiger partial charge is 0.140 e. The number of hydrogen-bond donors (Lipinski definition) is 1. The summed E-state index contributed by atoms with van der Waals surface area (Å²) in [5.41, 5.74) is 6.75. The first-order valence-corrected chi connectivity index (χ1v) is 7.17. The zero-order valence-electron chi connectivity index (χ0n) is 13.0. The van der Waals surface area contributed by atoms with Crippen molar-refractivity contribution in [3.8, 4) is 0 Å². The summed E-state index contributed by atoms with van der Waals surface area (Å²) in [4.78, 5) is 6.95. The molecule has 5 nitrogen and oxygen atoms in total. The van der Waals surface area contributed by atoms with Crippen molar-refractivity contribution in [2.24, 2.45) is 0 Å². The van der Waals surface area contributed by atoms with E-state index >= 15 is 0 Å². The van der Waals surface area contributed by atoms with Crippen LogP contribution in [0.2, 0.25) is 0 Å². The van der Waals surface area contributed by atoms with Gasteiger partial charge < -0.3 is 4.40 Å². The molecule has 1 N–H and O–H groups in total. The fraction of sp³-hybridized carbons (Fsp3) is 0.375. The van der Waals surface area contributed by atoms with Crippen LogP contribution in [0.3, 0.4) is 0 Å². The third-order valence-corrected chi connectivity index (χ3v) is 3.75. The molecule has 3 aromatic heterocycles. The average molecular weight is 283 g/mol. The van der Waals surface area contributed by atoms with E-state index in [9.17, 15) is 0 Å². The SMILES string of the molecule is Cc1cc(CN(C)Cc2c(C)nc3c(C)cccn23)n[nH]1. The zero-order valence-corrected chi connectivity index (χ0v) is 13.0. The molecule has 3 heterocycles. The quantitative estimate of drug-likeness (QED) is 0.800. The van der Waals surface area contributed by atoms with Gasteiger partial charge in [-0.1, -0.05) is 6.07 Å². The van der Waals surface area contributed by atoms with Gasteiger partial charge in [0.1, 0.15) is 5.65 Å². The average Bonchev–Trinajstić information content (AvgIpc) is 2.96. The van der Waals surface area contributed by atoms with Crippen LogP contribution in [-0.2, 0) is 13.1 Å². The number of imidazole rings is 1. The first-order chi connectivity index (χ1) is 10.0. The minimum absolute atomic E-state index is 0.822. The lowest BCUT2D eigenvalue weighted by atomic mass is 10.3. The van der Waals surface area contributed by atoms with Gasteiger partial charge in [0.2, 0.25) is 0 Å². The van der Waals surface area contributed by atoms with Crippen molar-refractivity contribution in [2.45, 2.75) is 33.9 Å². The molecule has 0 radical (unpaired) electrons. The largest absolute Gasteiger partial charge is 0.302 e. The minimum Gasteiger partial charge on any atom is -0.302 e. The Hall–Kier alpha value is -2.14. The van der Waals surface area contributed by atoms with E-state index < -0.39 is 0 Å². The second kappa shape index (κ2) is 5.33. The Morgan fingerprint density at radius 3 is 2.76 bits per heavy atom. The molecule has 0 aliphatic rings. The summed E-state index contributed by atoms with van der Waals surface area (Å²) >= 11 is 0. The van der Waals surface area contributed by atoms with Crippen LogP contribution in [0, 0.1) is 20.8 Å². The number of aromatic nitrogens is 4. The first-order valence-electron chi connectivity index (χ1n) is 7.17. The molecule has 0 fully saturated rings. The third kappa shape index (κ3) is 2.69. The van der Waals surface area contributed by atoms with E-state index in [1.165, 1.54) is 11.3 Å². The Bertz CT molecular complexity index is 768. The number of aryl methyl sites for hydroxylation is 3. The van der Waals surface area contributed by atoms with Crippen LogP contribution in [-0.4, -0.2) is 31.5 Å². The summed E-state index contributed by atoms with van der Waals surface area (Å²) in [5, 5.41) is 7.28. The standard InChI is InChI=1S/C16H21N5/c1-11-6-5-7-21-15(13(3)17-16(11)21)10-20(4)9-14-8-12(2)18-19-14/h5-8H,9-10H2,1-4H3,(H,18,19). The summed E-state index contributed by atoms with van der Waals surface area (Å²) in [5.74, 6) is 0. The summed E-state index contributed by atoms with van der Waals surface area (Å²) in [6, 6.07) is 6.26. The molecule has 0 aliphatic heterocycles. The van der Waals surface area contributed by atoms with Crippen LogP contribution >= 0.6 is 0 Å². The lowest BCUT2D eigenvalue weighted by molar-refractivity contribution is 0.309. The van der Waals surface area contributed by atoms with Gasteiger partial charge in [0.25, 0.3) is 0 Å². The fourth-order valence-electron chi connectivity index (χ4n) is 2.70. The van der Waals surface area contributed by atoms with Crippen molar-refractivity contribution < 1.29 is 0 Å². The highest BCUT2D eigenvalue weighted by Crippen LogP contribution is 2.17. The third-order valence-electron chi connectivity index (χ3n) is 3.75. The van der Waals surface area contributed by atoms with E-state index in [1.54, 1.807) is 0 Å². The molecule has 0 spiro atoms. The van der Waals surface area contributed by atoms with E-state index in [0.717, 1.165) is 35.8 Å². The number of aromatic amines is 1. The molecule has 0 unspecified atom stereocenters. The normalized spacial score (nSPS) is 11.7. The lowest BCUT2D eigenvalue weighted by Gasteiger charge is -2.15. The Morgan fingerprint density at radius 1 is 1.24 bits per heavy atom. The topological polar surface area (TPSA) is 49.2 Å².